The normalized spacial score (nSPS) is 19.8. The number of rotatable bonds is 3. The summed E-state index contributed by atoms with van der Waals surface area (Å²) in [6.07, 6.45) is -0.0481. The van der Waals surface area contributed by atoms with Crippen LogP contribution < -0.4 is 4.74 Å². The van der Waals surface area contributed by atoms with Crippen LogP contribution in [0.25, 0.3) is 0 Å². The van der Waals surface area contributed by atoms with E-state index in [0.717, 1.165) is 33.5 Å². The Hall–Kier alpha value is -2.92. The summed E-state index contributed by atoms with van der Waals surface area (Å²) in [5.41, 5.74) is 4.92. The lowest BCUT2D eigenvalue weighted by Crippen LogP contribution is -2.45. The van der Waals surface area contributed by atoms with Gasteiger partial charge in [0, 0.05) is 22.0 Å². The van der Waals surface area contributed by atoms with Gasteiger partial charge in [0.25, 0.3) is 6.23 Å². The third kappa shape index (κ3) is 3.25. The number of aryl methyl sites for hydroxylation is 1. The molecule has 5 heteroatoms. The molecule has 0 N–H and O–H groups in total. The number of halogens is 1. The van der Waals surface area contributed by atoms with Gasteiger partial charge in [-0.2, -0.15) is 5.10 Å². The first kappa shape index (κ1) is 18.1. The maximum absolute atomic E-state index is 13.3. The number of Topliss-reactive ketones (excluding diaryl/α,β-unsaturated/α-hetero) is 1. The molecule has 0 aliphatic carbocycles. The van der Waals surface area contributed by atoms with Gasteiger partial charge in [-0.25, -0.2) is 5.01 Å². The molecular formula is C24H19BrN2O2. The Balaban J connectivity index is 1.58. The summed E-state index contributed by atoms with van der Waals surface area (Å²) in [5, 5.41) is 6.69. The van der Waals surface area contributed by atoms with Crippen molar-refractivity contribution in [2.45, 2.75) is 25.6 Å². The van der Waals surface area contributed by atoms with Crippen LogP contribution in [-0.2, 0) is 0 Å². The van der Waals surface area contributed by atoms with Gasteiger partial charge in [-0.15, -0.1) is 0 Å². The lowest BCUT2D eigenvalue weighted by molar-refractivity contribution is -0.00459. The molecular weight excluding hydrogens is 428 g/mol. The van der Waals surface area contributed by atoms with Crippen LogP contribution in [0.3, 0.4) is 0 Å². The Morgan fingerprint density at radius 1 is 1.07 bits per heavy atom. The van der Waals surface area contributed by atoms with Crippen molar-refractivity contribution in [2.24, 2.45) is 5.10 Å². The maximum atomic E-state index is 13.3. The zero-order valence-corrected chi connectivity index (χ0v) is 17.5. The third-order valence-electron chi connectivity index (χ3n) is 5.42. The first-order valence-electron chi connectivity index (χ1n) is 9.58. The number of carbonyl (C=O) groups excluding carboxylic acids is 1. The molecule has 29 heavy (non-hydrogen) atoms. The van der Waals surface area contributed by atoms with Crippen molar-refractivity contribution in [1.82, 2.24) is 5.01 Å². The Morgan fingerprint density at radius 3 is 2.59 bits per heavy atom. The summed E-state index contributed by atoms with van der Waals surface area (Å²) in [7, 11) is 0. The molecule has 0 fully saturated rings. The van der Waals surface area contributed by atoms with Crippen LogP contribution in [0, 0.1) is 6.92 Å². The summed E-state index contributed by atoms with van der Waals surface area (Å²) < 4.78 is 7.15. The van der Waals surface area contributed by atoms with Gasteiger partial charge < -0.3 is 4.74 Å². The lowest BCUT2D eigenvalue weighted by Gasteiger charge is -2.37. The molecule has 2 atom stereocenters. The van der Waals surface area contributed by atoms with E-state index in [0.29, 0.717) is 5.56 Å². The highest BCUT2D eigenvalue weighted by molar-refractivity contribution is 9.10. The molecule has 4 nitrogen and oxygen atoms in total. The van der Waals surface area contributed by atoms with Crippen LogP contribution in [0.5, 0.6) is 5.75 Å². The Morgan fingerprint density at radius 2 is 1.83 bits per heavy atom. The van der Waals surface area contributed by atoms with E-state index < -0.39 is 6.23 Å². The molecule has 0 aromatic heterocycles. The second-order valence-corrected chi connectivity index (χ2v) is 8.31. The van der Waals surface area contributed by atoms with Crippen molar-refractivity contribution in [3.63, 3.8) is 0 Å². The van der Waals surface area contributed by atoms with Crippen molar-refractivity contribution in [1.29, 1.82) is 0 Å². The number of carbonyl (C=O) groups is 1. The summed E-state index contributed by atoms with van der Waals surface area (Å²) >= 11 is 3.56. The molecule has 3 aromatic carbocycles. The summed E-state index contributed by atoms with van der Waals surface area (Å²) in [4.78, 5) is 13.3. The molecule has 2 unspecified atom stereocenters. The van der Waals surface area contributed by atoms with E-state index in [9.17, 15) is 4.79 Å². The maximum Gasteiger partial charge on any atom is 0.251 e. The molecule has 0 saturated carbocycles. The monoisotopic (exact) mass is 446 g/mol. The topological polar surface area (TPSA) is 41.9 Å². The van der Waals surface area contributed by atoms with E-state index >= 15 is 0 Å². The fourth-order valence-electron chi connectivity index (χ4n) is 3.90. The summed E-state index contributed by atoms with van der Waals surface area (Å²) in [6, 6.07) is 23.5. The molecule has 2 heterocycles. The zero-order valence-electron chi connectivity index (χ0n) is 15.9. The number of fused-ring (bicyclic) bond motifs is 3. The Kier molecular flexibility index (Phi) is 4.47. The number of ketones is 1. The van der Waals surface area contributed by atoms with E-state index in [-0.39, 0.29) is 11.8 Å². The molecule has 2 aliphatic heterocycles. The highest BCUT2D eigenvalue weighted by atomic mass is 79.9. The van der Waals surface area contributed by atoms with Gasteiger partial charge in [-0.3, -0.25) is 4.79 Å². The number of ether oxygens (including phenoxy) is 1. The van der Waals surface area contributed by atoms with Gasteiger partial charge in [0.05, 0.1) is 11.8 Å². The average molecular weight is 447 g/mol. The number of benzene rings is 3. The predicted octanol–water partition coefficient (Wildman–Crippen LogP) is 5.51. The number of nitrogens with zero attached hydrogens (tertiary/aromatic N) is 2. The Labute approximate surface area is 177 Å². The predicted molar refractivity (Wildman–Crippen MR) is 116 cm³/mol. The molecule has 0 saturated heterocycles. The highest BCUT2D eigenvalue weighted by Gasteiger charge is 2.43. The SMILES string of the molecule is Cc1ccc(C2=NN3C(C(=O)c4ccccc4)Oc4ccc(Br)cc4C3C2)cc1. The molecule has 2 aliphatic rings. The fraction of sp³-hybridized carbons (Fsp3) is 0.167. The van der Waals surface area contributed by atoms with Crippen LogP contribution in [0.4, 0.5) is 0 Å². The molecule has 144 valence electrons. The van der Waals surface area contributed by atoms with Gasteiger partial charge in [0.1, 0.15) is 5.75 Å². The molecule has 0 radical (unpaired) electrons. The van der Waals surface area contributed by atoms with Crippen LogP contribution in [0.15, 0.2) is 82.4 Å². The molecule has 5 rings (SSSR count). The second-order valence-electron chi connectivity index (χ2n) is 7.40. The molecule has 0 amide bonds. The lowest BCUT2D eigenvalue weighted by atomic mass is 9.95. The van der Waals surface area contributed by atoms with Gasteiger partial charge >= 0.3 is 0 Å². The minimum Gasteiger partial charge on any atom is -0.461 e. The molecule has 0 spiro atoms. The van der Waals surface area contributed by atoms with Crippen molar-refractivity contribution in [3.8, 4) is 5.75 Å². The highest BCUT2D eigenvalue weighted by Crippen LogP contribution is 2.44. The summed E-state index contributed by atoms with van der Waals surface area (Å²) in [5.74, 6) is 0.655. The van der Waals surface area contributed by atoms with E-state index in [2.05, 4.69) is 53.2 Å². The van der Waals surface area contributed by atoms with Crippen LogP contribution in [0.2, 0.25) is 0 Å². The summed E-state index contributed by atoms with van der Waals surface area (Å²) in [6.45, 7) is 2.07. The third-order valence-corrected chi connectivity index (χ3v) is 5.91. The molecule has 0 bridgehead atoms. The van der Waals surface area contributed by atoms with E-state index in [1.165, 1.54) is 5.56 Å². The minimum absolute atomic E-state index is 0.0368. The number of hydrazone groups is 1. The van der Waals surface area contributed by atoms with E-state index in [4.69, 9.17) is 9.84 Å². The first-order valence-corrected chi connectivity index (χ1v) is 10.4. The van der Waals surface area contributed by atoms with Crippen molar-refractivity contribution >= 4 is 27.4 Å². The largest absolute Gasteiger partial charge is 0.461 e. The number of hydrogen-bond donors (Lipinski definition) is 0. The average Bonchev–Trinajstić information content (AvgIpc) is 3.20. The van der Waals surface area contributed by atoms with Crippen molar-refractivity contribution < 1.29 is 9.53 Å². The minimum atomic E-state index is -0.779. The number of hydrogen-bond acceptors (Lipinski definition) is 4. The van der Waals surface area contributed by atoms with Crippen LogP contribution >= 0.6 is 15.9 Å². The van der Waals surface area contributed by atoms with Crippen LogP contribution in [-0.4, -0.2) is 22.7 Å². The zero-order chi connectivity index (χ0) is 20.0. The first-order chi connectivity index (χ1) is 14.1. The van der Waals surface area contributed by atoms with Gasteiger partial charge in [0.15, 0.2) is 0 Å². The van der Waals surface area contributed by atoms with Gasteiger partial charge in [0.2, 0.25) is 5.78 Å². The fourth-order valence-corrected chi connectivity index (χ4v) is 4.28. The Bertz CT molecular complexity index is 1110. The van der Waals surface area contributed by atoms with Crippen molar-refractivity contribution in [2.75, 3.05) is 0 Å². The van der Waals surface area contributed by atoms with Gasteiger partial charge in [-0.05, 0) is 30.7 Å². The second kappa shape index (κ2) is 7.16. The molecule has 3 aromatic rings. The van der Waals surface area contributed by atoms with E-state index in [1.54, 1.807) is 0 Å². The van der Waals surface area contributed by atoms with Crippen LogP contribution in [0.1, 0.15) is 39.5 Å². The smallest absolute Gasteiger partial charge is 0.251 e. The van der Waals surface area contributed by atoms with Gasteiger partial charge in [-0.1, -0.05) is 76.1 Å². The quantitative estimate of drug-likeness (QED) is 0.498. The standard InChI is InChI=1S/C24H19BrN2O2/c1-15-7-9-16(10-8-15)20-14-21-19-13-18(25)11-12-22(19)29-24(27(21)26-20)23(28)17-5-3-2-4-6-17/h2-13,21,24H,14H2,1H3. The van der Waals surface area contributed by atoms with Crippen molar-refractivity contribution in [3.05, 3.63) is 99.5 Å². The van der Waals surface area contributed by atoms with E-state index in [1.807, 2.05) is 47.5 Å².